The van der Waals surface area contributed by atoms with Crippen molar-refractivity contribution in [1.82, 2.24) is 14.8 Å². The average Bonchev–Trinajstić information content (AvgIpc) is 2.77. The molecule has 1 N–H and O–H groups in total. The first-order chi connectivity index (χ1) is 8.22. The predicted molar refractivity (Wildman–Crippen MR) is 63.8 cm³/mol. The summed E-state index contributed by atoms with van der Waals surface area (Å²) in [6, 6.07) is 8.95. The molecule has 2 heterocycles. The number of nitrogens with zero attached hydrogens (tertiary/aromatic N) is 4. The first-order valence-corrected chi connectivity index (χ1v) is 5.71. The van der Waals surface area contributed by atoms with Gasteiger partial charge >= 0.3 is 0 Å². The molecule has 17 heavy (non-hydrogen) atoms. The largest absolute Gasteiger partial charge is 0.380 e. The highest BCUT2D eigenvalue weighted by molar-refractivity contribution is 9.10. The van der Waals surface area contributed by atoms with E-state index < -0.39 is 6.10 Å². The summed E-state index contributed by atoms with van der Waals surface area (Å²) in [5.41, 5.74) is 1.07. The molecule has 0 spiro atoms. The third kappa shape index (κ3) is 2.52. The summed E-state index contributed by atoms with van der Waals surface area (Å²) in [7, 11) is 0. The Labute approximate surface area is 106 Å². The average molecular weight is 293 g/mol. The van der Waals surface area contributed by atoms with Crippen molar-refractivity contribution in [2.45, 2.75) is 12.6 Å². The van der Waals surface area contributed by atoms with E-state index in [-0.39, 0.29) is 6.54 Å². The molecule has 2 aromatic rings. The first kappa shape index (κ1) is 11.8. The summed E-state index contributed by atoms with van der Waals surface area (Å²) in [5, 5.41) is 22.8. The molecule has 0 saturated carbocycles. The zero-order valence-electron chi connectivity index (χ0n) is 8.79. The molecule has 0 bridgehead atoms. The van der Waals surface area contributed by atoms with Gasteiger partial charge in [-0.3, -0.25) is 4.68 Å². The van der Waals surface area contributed by atoms with Crippen LogP contribution in [-0.4, -0.2) is 19.9 Å². The molecule has 0 amide bonds. The van der Waals surface area contributed by atoms with Crippen molar-refractivity contribution in [3.05, 3.63) is 46.5 Å². The molecule has 2 aromatic heterocycles. The van der Waals surface area contributed by atoms with E-state index in [4.69, 9.17) is 5.26 Å². The summed E-state index contributed by atoms with van der Waals surface area (Å²) in [6.07, 6.45) is 0.664. The number of aromatic nitrogens is 3. The van der Waals surface area contributed by atoms with E-state index in [2.05, 4.69) is 26.0 Å². The second kappa shape index (κ2) is 5.08. The minimum atomic E-state index is -0.886. The number of aliphatic hydroxyl groups excluding tert-OH is 1. The van der Waals surface area contributed by atoms with E-state index in [0.717, 1.165) is 0 Å². The number of hydrogen-bond donors (Lipinski definition) is 1. The molecule has 0 aliphatic carbocycles. The van der Waals surface area contributed by atoms with Crippen LogP contribution in [-0.2, 0) is 6.54 Å². The minimum absolute atomic E-state index is 0.105. The lowest BCUT2D eigenvalue weighted by atomic mass is 10.1. The van der Waals surface area contributed by atoms with Crippen molar-refractivity contribution < 1.29 is 5.11 Å². The van der Waals surface area contributed by atoms with E-state index in [1.54, 1.807) is 30.5 Å². The maximum atomic E-state index is 10.2. The van der Waals surface area contributed by atoms with Gasteiger partial charge in [-0.25, -0.2) is 4.98 Å². The zero-order valence-corrected chi connectivity index (χ0v) is 10.4. The van der Waals surface area contributed by atoms with E-state index in [0.29, 0.717) is 16.0 Å². The maximum Gasteiger partial charge on any atom is 0.138 e. The highest BCUT2D eigenvalue weighted by Crippen LogP contribution is 2.21. The van der Waals surface area contributed by atoms with E-state index in [9.17, 15) is 5.11 Å². The summed E-state index contributed by atoms with van der Waals surface area (Å²) in [6.45, 7) is 0.105. The fraction of sp³-hybridized carbons (Fsp3) is 0.182. The van der Waals surface area contributed by atoms with Crippen molar-refractivity contribution >= 4 is 15.9 Å². The maximum absolute atomic E-state index is 10.2. The van der Waals surface area contributed by atoms with Crippen molar-refractivity contribution in [2.75, 3.05) is 0 Å². The van der Waals surface area contributed by atoms with Crippen molar-refractivity contribution in [3.8, 4) is 6.07 Å². The van der Waals surface area contributed by atoms with Crippen molar-refractivity contribution in [1.29, 1.82) is 5.26 Å². The van der Waals surface area contributed by atoms with Gasteiger partial charge in [0.25, 0.3) is 0 Å². The fourth-order valence-electron chi connectivity index (χ4n) is 1.50. The summed E-state index contributed by atoms with van der Waals surface area (Å²) < 4.78 is 2.10. The van der Waals surface area contributed by atoms with E-state index >= 15 is 0 Å². The standard InChI is InChI=1S/C11H9BrN4O/c12-10-3-1-2-8(15-10)11(17)9-4-6-14-16(9)7-5-13/h1-4,6,11,17H,7H2. The van der Waals surface area contributed by atoms with Crippen molar-refractivity contribution in [2.24, 2.45) is 0 Å². The van der Waals surface area contributed by atoms with Gasteiger partial charge in [-0.05, 0) is 34.1 Å². The first-order valence-electron chi connectivity index (χ1n) is 4.91. The van der Waals surface area contributed by atoms with Gasteiger partial charge < -0.3 is 5.11 Å². The van der Waals surface area contributed by atoms with Crippen LogP contribution in [0, 0.1) is 11.3 Å². The molecule has 0 fully saturated rings. The number of aliphatic hydroxyl groups is 1. The summed E-state index contributed by atoms with van der Waals surface area (Å²) >= 11 is 3.25. The van der Waals surface area contributed by atoms with Gasteiger partial charge in [-0.2, -0.15) is 10.4 Å². The second-order valence-electron chi connectivity index (χ2n) is 3.36. The Kier molecular flexibility index (Phi) is 3.52. The molecule has 5 nitrogen and oxygen atoms in total. The lowest BCUT2D eigenvalue weighted by Gasteiger charge is -2.11. The van der Waals surface area contributed by atoms with E-state index in [1.807, 2.05) is 6.07 Å². The predicted octanol–water partition coefficient (Wildman–Crippen LogP) is 1.65. The Balaban J connectivity index is 2.34. The monoisotopic (exact) mass is 292 g/mol. The highest BCUT2D eigenvalue weighted by Gasteiger charge is 2.16. The van der Waals surface area contributed by atoms with Gasteiger partial charge in [-0.1, -0.05) is 6.07 Å². The van der Waals surface area contributed by atoms with Gasteiger partial charge in [0, 0.05) is 6.20 Å². The number of hydrogen-bond acceptors (Lipinski definition) is 4. The van der Waals surface area contributed by atoms with E-state index in [1.165, 1.54) is 4.68 Å². The van der Waals surface area contributed by atoms with Crippen molar-refractivity contribution in [3.63, 3.8) is 0 Å². The van der Waals surface area contributed by atoms with Gasteiger partial charge in [-0.15, -0.1) is 0 Å². The van der Waals surface area contributed by atoms with Crippen LogP contribution in [0.15, 0.2) is 35.1 Å². The normalized spacial score (nSPS) is 12.1. The molecule has 0 radical (unpaired) electrons. The molecule has 0 aliphatic heterocycles. The molecular weight excluding hydrogens is 284 g/mol. The Morgan fingerprint density at radius 1 is 1.47 bits per heavy atom. The minimum Gasteiger partial charge on any atom is -0.380 e. The summed E-state index contributed by atoms with van der Waals surface area (Å²) in [4.78, 5) is 4.17. The van der Waals surface area contributed by atoms with Crippen LogP contribution < -0.4 is 0 Å². The molecule has 0 aromatic carbocycles. The van der Waals surface area contributed by atoms with Gasteiger partial charge in [0.05, 0.1) is 17.5 Å². The molecule has 6 heteroatoms. The van der Waals surface area contributed by atoms with Gasteiger partial charge in [0.15, 0.2) is 0 Å². The number of pyridine rings is 1. The molecule has 0 saturated heterocycles. The fourth-order valence-corrected chi connectivity index (χ4v) is 1.86. The number of nitriles is 1. The molecule has 86 valence electrons. The third-order valence-corrected chi connectivity index (χ3v) is 2.71. The second-order valence-corrected chi connectivity index (χ2v) is 4.17. The molecular formula is C11H9BrN4O. The Morgan fingerprint density at radius 3 is 3.00 bits per heavy atom. The topological polar surface area (TPSA) is 74.7 Å². The lowest BCUT2D eigenvalue weighted by molar-refractivity contribution is 0.204. The van der Waals surface area contributed by atoms with Gasteiger partial charge in [0.1, 0.15) is 17.3 Å². The van der Waals surface area contributed by atoms with Gasteiger partial charge in [0.2, 0.25) is 0 Å². The quantitative estimate of drug-likeness (QED) is 0.873. The molecule has 1 unspecified atom stereocenters. The lowest BCUT2D eigenvalue weighted by Crippen LogP contribution is -2.10. The Morgan fingerprint density at radius 2 is 2.29 bits per heavy atom. The van der Waals surface area contributed by atoms with Crippen LogP contribution >= 0.6 is 15.9 Å². The number of halogens is 1. The van der Waals surface area contributed by atoms with Crippen LogP contribution in [0.2, 0.25) is 0 Å². The Hall–Kier alpha value is -1.71. The number of rotatable bonds is 3. The van der Waals surface area contributed by atoms with Crippen LogP contribution in [0.25, 0.3) is 0 Å². The van der Waals surface area contributed by atoms with Crippen LogP contribution in [0.3, 0.4) is 0 Å². The zero-order chi connectivity index (χ0) is 12.3. The molecule has 0 aliphatic rings. The smallest absolute Gasteiger partial charge is 0.138 e. The highest BCUT2D eigenvalue weighted by atomic mass is 79.9. The van der Waals surface area contributed by atoms with Crippen LogP contribution in [0.5, 0.6) is 0 Å². The molecule has 2 rings (SSSR count). The van der Waals surface area contributed by atoms with Crippen LogP contribution in [0.1, 0.15) is 17.5 Å². The SMILES string of the molecule is N#CCn1nccc1C(O)c1cccc(Br)n1. The third-order valence-electron chi connectivity index (χ3n) is 2.27. The van der Waals surface area contributed by atoms with Crippen LogP contribution in [0.4, 0.5) is 0 Å². The molecule has 1 atom stereocenters. The Bertz CT molecular complexity index is 561. The summed E-state index contributed by atoms with van der Waals surface area (Å²) in [5.74, 6) is 0.